The summed E-state index contributed by atoms with van der Waals surface area (Å²) in [6, 6.07) is 2.14. The largest absolute Gasteiger partial charge is 0.399 e. The molecule has 1 saturated carbocycles. The Bertz CT molecular complexity index is 444. The zero-order valence-corrected chi connectivity index (χ0v) is 11.0. The molecule has 1 fully saturated rings. The lowest BCUT2D eigenvalue weighted by Crippen LogP contribution is -2.41. The molecule has 0 heterocycles. The number of aliphatic hydroxyl groups is 1. The summed E-state index contributed by atoms with van der Waals surface area (Å²) in [6.07, 6.45) is 3.33. The Kier molecular flexibility index (Phi) is 3.94. The van der Waals surface area contributed by atoms with E-state index in [9.17, 15) is 13.9 Å². The number of nitrogens with one attached hydrogen (secondary N) is 1. The van der Waals surface area contributed by atoms with E-state index in [0.717, 1.165) is 25.0 Å². The fourth-order valence-corrected chi connectivity index (χ4v) is 2.81. The predicted octanol–water partition coefficient (Wildman–Crippen LogP) is 2.90. The summed E-state index contributed by atoms with van der Waals surface area (Å²) in [7, 11) is 0. The van der Waals surface area contributed by atoms with Gasteiger partial charge in [-0.05, 0) is 30.9 Å². The molecule has 2 rings (SSSR count). The van der Waals surface area contributed by atoms with Crippen molar-refractivity contribution in [3.05, 3.63) is 23.8 Å². The molecule has 0 spiro atoms. The molecule has 1 aromatic rings. The summed E-state index contributed by atoms with van der Waals surface area (Å²) >= 11 is 0. The zero-order chi connectivity index (χ0) is 14.0. The van der Waals surface area contributed by atoms with Crippen LogP contribution in [0.1, 0.15) is 32.6 Å². The van der Waals surface area contributed by atoms with E-state index in [-0.39, 0.29) is 17.9 Å². The molecule has 0 aromatic heterocycles. The Labute approximate surface area is 111 Å². The van der Waals surface area contributed by atoms with Crippen LogP contribution >= 0.6 is 0 Å². The van der Waals surface area contributed by atoms with E-state index in [1.165, 1.54) is 0 Å². The van der Waals surface area contributed by atoms with Crippen molar-refractivity contribution in [2.45, 2.75) is 38.2 Å². The average Bonchev–Trinajstić information content (AvgIpc) is 2.26. The molecule has 1 aliphatic rings. The smallest absolute Gasteiger partial charge is 0.151 e. The Hall–Kier alpha value is -1.36. The molecule has 1 aliphatic carbocycles. The van der Waals surface area contributed by atoms with Crippen molar-refractivity contribution in [3.8, 4) is 0 Å². The number of anilines is 2. The van der Waals surface area contributed by atoms with Crippen LogP contribution in [0, 0.1) is 17.6 Å². The molecule has 0 radical (unpaired) electrons. The van der Waals surface area contributed by atoms with E-state index in [4.69, 9.17) is 5.73 Å². The maximum absolute atomic E-state index is 13.6. The molecule has 3 nitrogen and oxygen atoms in total. The molecular weight excluding hydrogens is 250 g/mol. The van der Waals surface area contributed by atoms with Crippen LogP contribution in [-0.2, 0) is 0 Å². The van der Waals surface area contributed by atoms with Crippen LogP contribution in [0.5, 0.6) is 0 Å². The summed E-state index contributed by atoms with van der Waals surface area (Å²) in [5.41, 5.74) is 4.29. The molecule has 2 unspecified atom stereocenters. The molecule has 5 heteroatoms. The molecule has 0 bridgehead atoms. The zero-order valence-electron chi connectivity index (χ0n) is 11.0. The van der Waals surface area contributed by atoms with Gasteiger partial charge < -0.3 is 16.2 Å². The minimum Gasteiger partial charge on any atom is -0.399 e. The molecular formula is C14H20F2N2O. The second-order valence-electron chi connectivity index (χ2n) is 5.64. The van der Waals surface area contributed by atoms with E-state index in [1.807, 2.05) is 0 Å². The normalized spacial score (nSPS) is 27.3. The highest BCUT2D eigenvalue weighted by Gasteiger charge is 2.32. The monoisotopic (exact) mass is 270 g/mol. The van der Waals surface area contributed by atoms with Gasteiger partial charge >= 0.3 is 0 Å². The molecule has 0 aliphatic heterocycles. The molecule has 2 atom stereocenters. The molecule has 0 amide bonds. The van der Waals surface area contributed by atoms with Crippen LogP contribution in [0.4, 0.5) is 20.2 Å². The first kappa shape index (κ1) is 14.1. The SMILES string of the molecule is CC1CCCC(O)(CNc2c(F)cc(N)cc2F)C1. The van der Waals surface area contributed by atoms with Crippen LogP contribution in [0.2, 0.25) is 0 Å². The molecule has 19 heavy (non-hydrogen) atoms. The van der Waals surface area contributed by atoms with Crippen LogP contribution in [0.15, 0.2) is 12.1 Å². The van der Waals surface area contributed by atoms with Gasteiger partial charge in [-0.1, -0.05) is 19.8 Å². The van der Waals surface area contributed by atoms with Crippen molar-refractivity contribution in [1.82, 2.24) is 0 Å². The Morgan fingerprint density at radius 3 is 2.63 bits per heavy atom. The highest BCUT2D eigenvalue weighted by atomic mass is 19.1. The first-order chi connectivity index (χ1) is 8.89. The van der Waals surface area contributed by atoms with Crippen molar-refractivity contribution in [2.75, 3.05) is 17.6 Å². The highest BCUT2D eigenvalue weighted by molar-refractivity contribution is 5.54. The minimum absolute atomic E-state index is 0.0468. The highest BCUT2D eigenvalue weighted by Crippen LogP contribution is 2.33. The number of hydrogen-bond donors (Lipinski definition) is 3. The second-order valence-corrected chi connectivity index (χ2v) is 5.64. The topological polar surface area (TPSA) is 58.3 Å². The fourth-order valence-electron chi connectivity index (χ4n) is 2.81. The van der Waals surface area contributed by atoms with Gasteiger partial charge in [-0.25, -0.2) is 8.78 Å². The van der Waals surface area contributed by atoms with Crippen LogP contribution in [0.25, 0.3) is 0 Å². The summed E-state index contributed by atoms with van der Waals surface area (Å²) in [5.74, 6) is -1.03. The van der Waals surface area contributed by atoms with Crippen LogP contribution in [-0.4, -0.2) is 17.3 Å². The van der Waals surface area contributed by atoms with E-state index in [0.29, 0.717) is 18.8 Å². The Balaban J connectivity index is 2.06. The average molecular weight is 270 g/mol. The second kappa shape index (κ2) is 5.33. The van der Waals surface area contributed by atoms with Gasteiger partial charge in [0.2, 0.25) is 0 Å². The number of halogens is 2. The van der Waals surface area contributed by atoms with Crippen molar-refractivity contribution in [2.24, 2.45) is 5.92 Å². The van der Waals surface area contributed by atoms with Gasteiger partial charge in [0.1, 0.15) is 5.69 Å². The van der Waals surface area contributed by atoms with E-state index >= 15 is 0 Å². The van der Waals surface area contributed by atoms with Crippen LogP contribution < -0.4 is 11.1 Å². The summed E-state index contributed by atoms with van der Waals surface area (Å²) in [5, 5.41) is 13.1. The lowest BCUT2D eigenvalue weighted by molar-refractivity contribution is -0.000845. The summed E-state index contributed by atoms with van der Waals surface area (Å²) in [4.78, 5) is 0. The number of rotatable bonds is 3. The Morgan fingerprint density at radius 1 is 1.42 bits per heavy atom. The number of nitrogens with two attached hydrogens (primary N) is 1. The first-order valence-corrected chi connectivity index (χ1v) is 6.60. The van der Waals surface area contributed by atoms with Crippen molar-refractivity contribution in [1.29, 1.82) is 0 Å². The van der Waals surface area contributed by atoms with Crippen molar-refractivity contribution < 1.29 is 13.9 Å². The Morgan fingerprint density at radius 2 is 2.05 bits per heavy atom. The number of hydrogen-bond acceptors (Lipinski definition) is 3. The third kappa shape index (κ3) is 3.35. The van der Waals surface area contributed by atoms with E-state index < -0.39 is 17.2 Å². The predicted molar refractivity (Wildman–Crippen MR) is 71.8 cm³/mol. The lowest BCUT2D eigenvalue weighted by Gasteiger charge is -2.36. The summed E-state index contributed by atoms with van der Waals surface area (Å²) in [6.45, 7) is 2.23. The maximum Gasteiger partial charge on any atom is 0.151 e. The summed E-state index contributed by atoms with van der Waals surface area (Å²) < 4.78 is 27.2. The van der Waals surface area contributed by atoms with E-state index in [1.54, 1.807) is 0 Å². The lowest BCUT2D eigenvalue weighted by atomic mass is 9.79. The van der Waals surface area contributed by atoms with Gasteiger partial charge in [-0.3, -0.25) is 0 Å². The van der Waals surface area contributed by atoms with Gasteiger partial charge in [0.05, 0.1) is 5.60 Å². The molecule has 4 N–H and O–H groups in total. The van der Waals surface area contributed by atoms with Crippen molar-refractivity contribution in [3.63, 3.8) is 0 Å². The number of nitrogen functional groups attached to an aromatic ring is 1. The van der Waals surface area contributed by atoms with Gasteiger partial charge in [-0.2, -0.15) is 0 Å². The van der Waals surface area contributed by atoms with Gasteiger partial charge in [0.25, 0.3) is 0 Å². The van der Waals surface area contributed by atoms with Crippen molar-refractivity contribution >= 4 is 11.4 Å². The fraction of sp³-hybridized carbons (Fsp3) is 0.571. The first-order valence-electron chi connectivity index (χ1n) is 6.60. The van der Waals surface area contributed by atoms with E-state index in [2.05, 4.69) is 12.2 Å². The quantitative estimate of drug-likeness (QED) is 0.740. The van der Waals surface area contributed by atoms with Gasteiger partial charge in [0.15, 0.2) is 11.6 Å². The molecule has 1 aromatic carbocycles. The minimum atomic E-state index is -0.891. The third-order valence-corrected chi connectivity index (χ3v) is 3.73. The van der Waals surface area contributed by atoms with Crippen LogP contribution in [0.3, 0.4) is 0 Å². The van der Waals surface area contributed by atoms with Gasteiger partial charge in [0, 0.05) is 12.2 Å². The molecule has 106 valence electrons. The third-order valence-electron chi connectivity index (χ3n) is 3.73. The molecule has 0 saturated heterocycles. The standard InChI is InChI=1S/C14H20F2N2O/c1-9-3-2-4-14(19,7-9)8-18-13-11(15)5-10(17)6-12(13)16/h5-6,9,18-19H,2-4,7-8,17H2,1H3. The van der Waals surface area contributed by atoms with Gasteiger partial charge in [-0.15, -0.1) is 0 Å². The maximum atomic E-state index is 13.6. The number of benzene rings is 1.